The van der Waals surface area contributed by atoms with Crippen LogP contribution in [0.2, 0.25) is 0 Å². The Hall–Kier alpha value is -2.32. The predicted molar refractivity (Wildman–Crippen MR) is 124 cm³/mol. The van der Waals surface area contributed by atoms with Crippen molar-refractivity contribution in [2.24, 2.45) is 0 Å². The highest BCUT2D eigenvalue weighted by atomic mass is 79.9. The second-order valence-electron chi connectivity index (χ2n) is 6.79. The van der Waals surface area contributed by atoms with Crippen LogP contribution in [-0.2, 0) is 14.3 Å². The number of ether oxygens (including phenoxy) is 1. The van der Waals surface area contributed by atoms with Crippen LogP contribution in [0.1, 0.15) is 60.2 Å². The monoisotopic (exact) mass is 554 g/mol. The van der Waals surface area contributed by atoms with Gasteiger partial charge >= 0.3 is 11.9 Å². The predicted octanol–water partition coefficient (Wildman–Crippen LogP) is 5.86. The molecule has 0 aliphatic rings. The summed E-state index contributed by atoms with van der Waals surface area (Å²) in [5.41, 5.74) is 1.17. The quantitative estimate of drug-likeness (QED) is 0.307. The highest BCUT2D eigenvalue weighted by Gasteiger charge is 2.11. The normalized spacial score (nSPS) is 10.1. The van der Waals surface area contributed by atoms with E-state index in [1.807, 2.05) is 0 Å². The van der Waals surface area contributed by atoms with Crippen molar-refractivity contribution < 1.29 is 29.0 Å². The maximum atomic E-state index is 11.7. The standard InChI is InChI=1S/C13H15BrO3.C10H9BrO3/c1-9(2)17-13(16)8-7-12(15)10-3-5-11(14)6-4-10;11-8-3-1-7(2-4-8)9(12)5-6-10(13)14/h3-6,9H,7-8H2,1-2H3;1-4H,5-6H2,(H,13,14). The number of ketones is 2. The first-order valence-corrected chi connectivity index (χ1v) is 11.2. The van der Waals surface area contributed by atoms with Gasteiger partial charge in [0.2, 0.25) is 0 Å². The Balaban J connectivity index is 0.000000316. The van der Waals surface area contributed by atoms with Gasteiger partial charge in [0, 0.05) is 32.9 Å². The SMILES string of the molecule is CC(C)OC(=O)CCC(=O)c1ccc(Br)cc1.O=C(O)CCC(=O)c1ccc(Br)cc1. The Bertz CT molecular complexity index is 889. The van der Waals surface area contributed by atoms with Gasteiger partial charge in [0.1, 0.15) is 0 Å². The highest BCUT2D eigenvalue weighted by molar-refractivity contribution is 9.10. The van der Waals surface area contributed by atoms with Crippen LogP contribution in [0.3, 0.4) is 0 Å². The van der Waals surface area contributed by atoms with Crippen LogP contribution < -0.4 is 0 Å². The van der Waals surface area contributed by atoms with Crippen molar-refractivity contribution in [3.63, 3.8) is 0 Å². The van der Waals surface area contributed by atoms with Crippen LogP contribution >= 0.6 is 31.9 Å². The molecule has 8 heteroatoms. The summed E-state index contributed by atoms with van der Waals surface area (Å²) in [4.78, 5) is 44.6. The molecule has 31 heavy (non-hydrogen) atoms. The molecule has 0 amide bonds. The third-order valence-corrected chi connectivity index (χ3v) is 4.88. The molecule has 0 unspecified atom stereocenters. The van der Waals surface area contributed by atoms with Gasteiger partial charge in [-0.1, -0.05) is 56.1 Å². The van der Waals surface area contributed by atoms with Crippen molar-refractivity contribution in [2.45, 2.75) is 45.6 Å². The van der Waals surface area contributed by atoms with E-state index in [9.17, 15) is 19.2 Å². The molecule has 0 bridgehead atoms. The summed E-state index contributed by atoms with van der Waals surface area (Å²) in [7, 11) is 0. The number of carbonyl (C=O) groups excluding carboxylic acids is 3. The molecule has 2 aromatic rings. The number of rotatable bonds is 9. The van der Waals surface area contributed by atoms with Crippen molar-refractivity contribution in [2.75, 3.05) is 0 Å². The zero-order valence-corrected chi connectivity index (χ0v) is 20.4. The summed E-state index contributed by atoms with van der Waals surface area (Å²) < 4.78 is 6.78. The van der Waals surface area contributed by atoms with Crippen molar-refractivity contribution in [3.8, 4) is 0 Å². The van der Waals surface area contributed by atoms with Gasteiger partial charge in [0.25, 0.3) is 0 Å². The van der Waals surface area contributed by atoms with E-state index in [4.69, 9.17) is 9.84 Å². The van der Waals surface area contributed by atoms with Gasteiger partial charge in [-0.15, -0.1) is 0 Å². The molecule has 166 valence electrons. The lowest BCUT2D eigenvalue weighted by Crippen LogP contribution is -2.12. The van der Waals surface area contributed by atoms with Crippen LogP contribution in [0.25, 0.3) is 0 Å². The fourth-order valence-electron chi connectivity index (χ4n) is 2.32. The number of hydrogen-bond acceptors (Lipinski definition) is 5. The first kappa shape index (κ1) is 26.7. The first-order chi connectivity index (χ1) is 14.6. The number of esters is 1. The largest absolute Gasteiger partial charge is 0.481 e. The van der Waals surface area contributed by atoms with E-state index in [2.05, 4.69) is 31.9 Å². The van der Waals surface area contributed by atoms with Gasteiger partial charge in [0.05, 0.1) is 18.9 Å². The highest BCUT2D eigenvalue weighted by Crippen LogP contribution is 2.13. The molecule has 0 saturated heterocycles. The number of Topliss-reactive ketones (excluding diaryl/α,β-unsaturated/α-hetero) is 2. The average Bonchev–Trinajstić information content (AvgIpc) is 2.71. The fourth-order valence-corrected chi connectivity index (χ4v) is 2.85. The lowest BCUT2D eigenvalue weighted by Gasteiger charge is -2.07. The van der Waals surface area contributed by atoms with E-state index in [1.165, 1.54) is 0 Å². The van der Waals surface area contributed by atoms with Gasteiger partial charge in [-0.05, 0) is 38.1 Å². The van der Waals surface area contributed by atoms with E-state index >= 15 is 0 Å². The average molecular weight is 556 g/mol. The van der Waals surface area contributed by atoms with E-state index in [0.717, 1.165) is 8.95 Å². The van der Waals surface area contributed by atoms with E-state index < -0.39 is 5.97 Å². The molecule has 0 heterocycles. The smallest absolute Gasteiger partial charge is 0.306 e. The molecule has 0 fully saturated rings. The first-order valence-electron chi connectivity index (χ1n) is 9.57. The van der Waals surface area contributed by atoms with Crippen LogP contribution in [0.5, 0.6) is 0 Å². The number of carboxylic acid groups (broad SMARTS) is 1. The maximum absolute atomic E-state index is 11.7. The summed E-state index contributed by atoms with van der Waals surface area (Å²) in [5, 5.41) is 8.39. The molecule has 0 saturated carbocycles. The number of halogens is 2. The Labute approximate surface area is 198 Å². The number of carbonyl (C=O) groups is 4. The second kappa shape index (κ2) is 13.9. The number of aliphatic carboxylic acids is 1. The van der Waals surface area contributed by atoms with Gasteiger partial charge in [-0.2, -0.15) is 0 Å². The lowest BCUT2D eigenvalue weighted by molar-refractivity contribution is -0.147. The van der Waals surface area contributed by atoms with Crippen molar-refractivity contribution >= 4 is 55.4 Å². The summed E-state index contributed by atoms with van der Waals surface area (Å²) in [5.74, 6) is -1.46. The van der Waals surface area contributed by atoms with Crippen LogP contribution in [0.4, 0.5) is 0 Å². The van der Waals surface area contributed by atoms with Gasteiger partial charge < -0.3 is 9.84 Å². The Kier molecular flexibility index (Phi) is 12.0. The Morgan fingerprint density at radius 1 is 0.742 bits per heavy atom. The number of carboxylic acids is 1. The van der Waals surface area contributed by atoms with Gasteiger partial charge in [-0.3, -0.25) is 19.2 Å². The van der Waals surface area contributed by atoms with E-state index in [0.29, 0.717) is 11.1 Å². The van der Waals surface area contributed by atoms with Gasteiger partial charge in [-0.25, -0.2) is 0 Å². The molecular formula is C23H24Br2O6. The summed E-state index contributed by atoms with van der Waals surface area (Å²) >= 11 is 6.55. The number of benzene rings is 2. The fraction of sp³-hybridized carbons (Fsp3) is 0.304. The molecule has 0 aromatic heterocycles. The topological polar surface area (TPSA) is 97.7 Å². The molecule has 1 N–H and O–H groups in total. The maximum Gasteiger partial charge on any atom is 0.306 e. The molecule has 0 spiro atoms. The van der Waals surface area contributed by atoms with Crippen LogP contribution in [0.15, 0.2) is 57.5 Å². The third-order valence-electron chi connectivity index (χ3n) is 3.82. The zero-order chi connectivity index (χ0) is 23.4. The van der Waals surface area contributed by atoms with Crippen LogP contribution in [-0.4, -0.2) is 34.7 Å². The molecule has 0 radical (unpaired) electrons. The molecular weight excluding hydrogens is 532 g/mol. The molecule has 0 atom stereocenters. The van der Waals surface area contributed by atoms with E-state index in [-0.39, 0.29) is 49.3 Å². The number of hydrogen-bond donors (Lipinski definition) is 1. The Morgan fingerprint density at radius 2 is 1.13 bits per heavy atom. The third kappa shape index (κ3) is 11.6. The Morgan fingerprint density at radius 3 is 1.48 bits per heavy atom. The van der Waals surface area contributed by atoms with Crippen molar-refractivity contribution in [3.05, 3.63) is 68.6 Å². The molecule has 0 aliphatic heterocycles. The minimum atomic E-state index is -0.949. The molecule has 0 aliphatic carbocycles. The summed E-state index contributed by atoms with van der Waals surface area (Å²) in [6.07, 6.45) is 0.122. The van der Waals surface area contributed by atoms with Crippen LogP contribution in [0, 0.1) is 0 Å². The van der Waals surface area contributed by atoms with Crippen molar-refractivity contribution in [1.29, 1.82) is 0 Å². The molecule has 2 rings (SSSR count). The molecule has 6 nitrogen and oxygen atoms in total. The van der Waals surface area contributed by atoms with Crippen molar-refractivity contribution in [1.82, 2.24) is 0 Å². The molecule has 2 aromatic carbocycles. The minimum absolute atomic E-state index is 0.0433. The lowest BCUT2D eigenvalue weighted by atomic mass is 10.1. The summed E-state index contributed by atoms with van der Waals surface area (Å²) in [6.45, 7) is 3.57. The summed E-state index contributed by atoms with van der Waals surface area (Å²) in [6, 6.07) is 13.9. The van der Waals surface area contributed by atoms with Gasteiger partial charge in [0.15, 0.2) is 11.6 Å². The zero-order valence-electron chi connectivity index (χ0n) is 17.3. The second-order valence-corrected chi connectivity index (χ2v) is 8.62. The minimum Gasteiger partial charge on any atom is -0.481 e. The van der Waals surface area contributed by atoms with E-state index in [1.54, 1.807) is 62.4 Å².